The van der Waals surface area contributed by atoms with Crippen LogP contribution in [-0.2, 0) is 13.6 Å². The third kappa shape index (κ3) is 3.48. The van der Waals surface area contributed by atoms with Gasteiger partial charge in [0.1, 0.15) is 0 Å². The second-order valence-electron chi connectivity index (χ2n) is 5.67. The summed E-state index contributed by atoms with van der Waals surface area (Å²) in [6.45, 7) is 7.54. The Bertz CT molecular complexity index is 525. The summed E-state index contributed by atoms with van der Waals surface area (Å²) >= 11 is 0. The van der Waals surface area contributed by atoms with E-state index in [2.05, 4.69) is 59.9 Å². The number of nitrogens with one attached hydrogen (secondary N) is 1. The molecule has 0 bridgehead atoms. The average Bonchev–Trinajstić information content (AvgIpc) is 2.86. The Morgan fingerprint density at radius 1 is 1.20 bits per heavy atom. The third-order valence-corrected chi connectivity index (χ3v) is 3.82. The van der Waals surface area contributed by atoms with Crippen molar-refractivity contribution in [2.45, 2.75) is 45.7 Å². The molecule has 0 spiro atoms. The highest BCUT2D eigenvalue weighted by Gasteiger charge is 2.12. The molecule has 1 atom stereocenters. The maximum atomic E-state index is 4.20. The molecule has 2 rings (SSSR count). The first-order valence-electron chi connectivity index (χ1n) is 7.40. The van der Waals surface area contributed by atoms with E-state index in [9.17, 15) is 0 Å². The van der Waals surface area contributed by atoms with Crippen molar-refractivity contribution in [3.8, 4) is 0 Å². The normalized spacial score (nSPS) is 12.8. The van der Waals surface area contributed by atoms with Crippen molar-refractivity contribution in [2.24, 2.45) is 7.05 Å². The van der Waals surface area contributed by atoms with E-state index in [0.29, 0.717) is 12.0 Å². The summed E-state index contributed by atoms with van der Waals surface area (Å²) in [4.78, 5) is 4.20. The van der Waals surface area contributed by atoms with Gasteiger partial charge in [-0.25, -0.2) is 4.98 Å². The van der Waals surface area contributed by atoms with Crippen LogP contribution < -0.4 is 5.32 Å². The van der Waals surface area contributed by atoms with E-state index in [1.54, 1.807) is 0 Å². The number of hydrogen-bond donors (Lipinski definition) is 1. The molecule has 0 aliphatic carbocycles. The lowest BCUT2D eigenvalue weighted by atomic mass is 10.0. The highest BCUT2D eigenvalue weighted by Crippen LogP contribution is 2.18. The highest BCUT2D eigenvalue weighted by atomic mass is 15.1. The predicted molar refractivity (Wildman–Crippen MR) is 83.6 cm³/mol. The van der Waals surface area contributed by atoms with Gasteiger partial charge in [-0.1, -0.05) is 45.0 Å². The van der Waals surface area contributed by atoms with Crippen LogP contribution in [-0.4, -0.2) is 9.55 Å². The van der Waals surface area contributed by atoms with Crippen molar-refractivity contribution < 1.29 is 0 Å². The van der Waals surface area contributed by atoms with Crippen molar-refractivity contribution in [1.82, 2.24) is 14.9 Å². The first-order chi connectivity index (χ1) is 9.61. The Morgan fingerprint density at radius 3 is 2.40 bits per heavy atom. The van der Waals surface area contributed by atoms with Gasteiger partial charge >= 0.3 is 0 Å². The molecule has 0 amide bonds. The number of imidazole rings is 1. The fourth-order valence-corrected chi connectivity index (χ4v) is 2.42. The van der Waals surface area contributed by atoms with Crippen LogP contribution in [0.4, 0.5) is 0 Å². The molecule has 108 valence electrons. The van der Waals surface area contributed by atoms with Gasteiger partial charge in [0.2, 0.25) is 0 Å². The van der Waals surface area contributed by atoms with Gasteiger partial charge in [0.25, 0.3) is 0 Å². The SMILES string of the molecule is CC[C@@H](NCc1ccc(C(C)C)cc1)c1cncn1C. The summed E-state index contributed by atoms with van der Waals surface area (Å²) in [6.07, 6.45) is 4.86. The second kappa shape index (κ2) is 6.71. The molecular weight excluding hydrogens is 246 g/mol. The number of aryl methyl sites for hydroxylation is 1. The topological polar surface area (TPSA) is 29.9 Å². The summed E-state index contributed by atoms with van der Waals surface area (Å²) < 4.78 is 2.09. The molecule has 3 heteroatoms. The number of nitrogens with zero attached hydrogens (tertiary/aromatic N) is 2. The summed E-state index contributed by atoms with van der Waals surface area (Å²) in [7, 11) is 2.05. The third-order valence-electron chi connectivity index (χ3n) is 3.82. The van der Waals surface area contributed by atoms with E-state index < -0.39 is 0 Å². The van der Waals surface area contributed by atoms with Crippen molar-refractivity contribution in [2.75, 3.05) is 0 Å². The summed E-state index contributed by atoms with van der Waals surface area (Å²) in [5.41, 5.74) is 3.97. The molecule has 20 heavy (non-hydrogen) atoms. The molecule has 0 aliphatic heterocycles. The number of hydrogen-bond acceptors (Lipinski definition) is 2. The molecule has 0 radical (unpaired) electrons. The summed E-state index contributed by atoms with van der Waals surface area (Å²) in [5, 5.41) is 3.62. The highest BCUT2D eigenvalue weighted by molar-refractivity contribution is 5.24. The minimum atomic E-state index is 0.354. The van der Waals surface area contributed by atoms with Crippen LogP contribution in [0, 0.1) is 0 Å². The maximum absolute atomic E-state index is 4.20. The zero-order chi connectivity index (χ0) is 14.5. The van der Waals surface area contributed by atoms with Crippen LogP contribution in [0.25, 0.3) is 0 Å². The minimum Gasteiger partial charge on any atom is -0.336 e. The van der Waals surface area contributed by atoms with Crippen LogP contribution in [0.15, 0.2) is 36.8 Å². The Morgan fingerprint density at radius 2 is 1.90 bits per heavy atom. The van der Waals surface area contributed by atoms with Gasteiger partial charge in [-0.3, -0.25) is 0 Å². The van der Waals surface area contributed by atoms with Gasteiger partial charge in [-0.05, 0) is 23.5 Å². The maximum Gasteiger partial charge on any atom is 0.0946 e. The van der Waals surface area contributed by atoms with Crippen LogP contribution in [0.3, 0.4) is 0 Å². The minimum absolute atomic E-state index is 0.354. The molecule has 0 unspecified atom stereocenters. The molecule has 1 aromatic carbocycles. The molecule has 1 N–H and O–H groups in total. The Kier molecular flexibility index (Phi) is 4.96. The van der Waals surface area contributed by atoms with E-state index in [4.69, 9.17) is 0 Å². The Hall–Kier alpha value is -1.61. The van der Waals surface area contributed by atoms with Crippen LogP contribution >= 0.6 is 0 Å². The second-order valence-corrected chi connectivity index (χ2v) is 5.67. The van der Waals surface area contributed by atoms with Gasteiger partial charge in [0, 0.05) is 25.8 Å². The largest absolute Gasteiger partial charge is 0.336 e. The Balaban J connectivity index is 1.98. The number of benzene rings is 1. The van der Waals surface area contributed by atoms with E-state index >= 15 is 0 Å². The molecule has 1 heterocycles. The van der Waals surface area contributed by atoms with Crippen LogP contribution in [0.1, 0.15) is 56.0 Å². The quantitative estimate of drug-likeness (QED) is 0.866. The first kappa shape index (κ1) is 14.8. The van der Waals surface area contributed by atoms with Crippen molar-refractivity contribution in [3.63, 3.8) is 0 Å². The molecule has 0 saturated heterocycles. The zero-order valence-corrected chi connectivity index (χ0v) is 12.9. The first-order valence-corrected chi connectivity index (χ1v) is 7.40. The van der Waals surface area contributed by atoms with E-state index in [0.717, 1.165) is 13.0 Å². The summed E-state index contributed by atoms with van der Waals surface area (Å²) in [5.74, 6) is 0.592. The van der Waals surface area contributed by atoms with Crippen molar-refractivity contribution in [3.05, 3.63) is 53.6 Å². The fraction of sp³-hybridized carbons (Fsp3) is 0.471. The van der Waals surface area contributed by atoms with E-state index in [-0.39, 0.29) is 0 Å². The average molecular weight is 271 g/mol. The lowest BCUT2D eigenvalue weighted by Gasteiger charge is -2.17. The zero-order valence-electron chi connectivity index (χ0n) is 12.9. The molecule has 2 aromatic rings. The molecule has 1 aromatic heterocycles. The predicted octanol–water partition coefficient (Wildman–Crippen LogP) is 3.78. The van der Waals surface area contributed by atoms with Crippen molar-refractivity contribution >= 4 is 0 Å². The molecule has 0 aliphatic rings. The van der Waals surface area contributed by atoms with Gasteiger partial charge in [0.05, 0.1) is 12.0 Å². The fourth-order valence-electron chi connectivity index (χ4n) is 2.42. The molecule has 0 fully saturated rings. The van der Waals surface area contributed by atoms with Gasteiger partial charge in [0.15, 0.2) is 0 Å². The van der Waals surface area contributed by atoms with E-state index in [1.807, 2.05) is 19.6 Å². The lowest BCUT2D eigenvalue weighted by Crippen LogP contribution is -2.22. The van der Waals surface area contributed by atoms with Crippen molar-refractivity contribution in [1.29, 1.82) is 0 Å². The summed E-state index contributed by atoms with van der Waals surface area (Å²) in [6, 6.07) is 9.25. The molecular formula is C17H25N3. The molecule has 3 nitrogen and oxygen atoms in total. The van der Waals surface area contributed by atoms with Gasteiger partial charge in [-0.15, -0.1) is 0 Å². The smallest absolute Gasteiger partial charge is 0.0946 e. The number of rotatable bonds is 6. The standard InChI is InChI=1S/C17H25N3/c1-5-16(17-11-18-12-20(17)4)19-10-14-6-8-15(9-7-14)13(2)3/h6-9,11-13,16,19H,5,10H2,1-4H3/t16-/m1/s1. The van der Waals surface area contributed by atoms with Crippen LogP contribution in [0.5, 0.6) is 0 Å². The van der Waals surface area contributed by atoms with Gasteiger partial charge < -0.3 is 9.88 Å². The van der Waals surface area contributed by atoms with Crippen LogP contribution in [0.2, 0.25) is 0 Å². The lowest BCUT2D eigenvalue weighted by molar-refractivity contribution is 0.493. The molecule has 0 saturated carbocycles. The monoisotopic (exact) mass is 271 g/mol. The van der Waals surface area contributed by atoms with Gasteiger partial charge in [-0.2, -0.15) is 0 Å². The van der Waals surface area contributed by atoms with E-state index in [1.165, 1.54) is 16.8 Å². The number of aromatic nitrogens is 2. The Labute approximate surface area is 122 Å².